The third kappa shape index (κ3) is 2.58. The van der Waals surface area contributed by atoms with Gasteiger partial charge in [0.05, 0.1) is 5.75 Å². The Hall–Kier alpha value is -1.29. The van der Waals surface area contributed by atoms with E-state index in [1.807, 2.05) is 13.1 Å². The van der Waals surface area contributed by atoms with Crippen LogP contribution in [0.25, 0.3) is 10.9 Å². The van der Waals surface area contributed by atoms with Gasteiger partial charge in [0.15, 0.2) is 9.84 Å². The summed E-state index contributed by atoms with van der Waals surface area (Å²) in [6.45, 7) is 6.23. The van der Waals surface area contributed by atoms with Crippen LogP contribution in [-0.2, 0) is 15.6 Å². The Bertz CT molecular complexity index is 681. The molecule has 4 heteroatoms. The summed E-state index contributed by atoms with van der Waals surface area (Å²) in [6, 6.07) is 6.51. The van der Waals surface area contributed by atoms with E-state index in [1.165, 1.54) is 6.26 Å². The number of aromatic nitrogens is 1. The summed E-state index contributed by atoms with van der Waals surface area (Å²) >= 11 is 0. The second kappa shape index (κ2) is 4.43. The van der Waals surface area contributed by atoms with Gasteiger partial charge in [-0.25, -0.2) is 8.42 Å². The van der Waals surface area contributed by atoms with Crippen molar-refractivity contribution in [1.82, 2.24) is 4.57 Å². The number of rotatable bonds is 3. The number of hydrogen-bond acceptors (Lipinski definition) is 2. The highest BCUT2D eigenvalue weighted by atomic mass is 32.2. The monoisotopic (exact) mass is 265 g/mol. The van der Waals surface area contributed by atoms with Crippen molar-refractivity contribution in [2.45, 2.75) is 32.6 Å². The Morgan fingerprint density at radius 2 is 1.94 bits per heavy atom. The van der Waals surface area contributed by atoms with Gasteiger partial charge in [0.25, 0.3) is 0 Å². The molecule has 0 aliphatic rings. The zero-order valence-corrected chi connectivity index (χ0v) is 12.1. The lowest BCUT2D eigenvalue weighted by Crippen LogP contribution is -2.01. The van der Waals surface area contributed by atoms with Gasteiger partial charge in [-0.05, 0) is 38.5 Å². The molecule has 0 N–H and O–H groups in total. The van der Waals surface area contributed by atoms with Crippen LogP contribution in [-0.4, -0.2) is 19.2 Å². The average molecular weight is 265 g/mol. The van der Waals surface area contributed by atoms with Gasteiger partial charge in [-0.2, -0.15) is 0 Å². The van der Waals surface area contributed by atoms with E-state index < -0.39 is 9.84 Å². The van der Waals surface area contributed by atoms with Crippen LogP contribution in [0.3, 0.4) is 0 Å². The molecule has 0 spiro atoms. The van der Waals surface area contributed by atoms with Crippen LogP contribution in [0.15, 0.2) is 24.4 Å². The number of benzene rings is 1. The molecule has 3 nitrogen and oxygen atoms in total. The summed E-state index contributed by atoms with van der Waals surface area (Å²) in [5.74, 6) is 0.104. The topological polar surface area (TPSA) is 39.1 Å². The van der Waals surface area contributed by atoms with Crippen LogP contribution in [0.1, 0.15) is 31.0 Å². The number of hydrogen-bond donors (Lipinski definition) is 0. The largest absolute Gasteiger partial charge is 0.345 e. The molecule has 0 saturated heterocycles. The van der Waals surface area contributed by atoms with Crippen molar-refractivity contribution >= 4 is 20.7 Å². The maximum absolute atomic E-state index is 11.5. The molecule has 0 atom stereocenters. The molecule has 2 aromatic rings. The van der Waals surface area contributed by atoms with Crippen molar-refractivity contribution in [3.05, 3.63) is 35.5 Å². The van der Waals surface area contributed by atoms with Crippen LogP contribution in [0.5, 0.6) is 0 Å². The molecule has 18 heavy (non-hydrogen) atoms. The molecule has 1 heterocycles. The van der Waals surface area contributed by atoms with E-state index in [2.05, 4.69) is 36.6 Å². The molecule has 0 aliphatic carbocycles. The number of fused-ring (bicyclic) bond motifs is 1. The number of nitrogens with zero attached hydrogens (tertiary/aromatic N) is 1. The first kappa shape index (κ1) is 13.1. The van der Waals surface area contributed by atoms with E-state index in [9.17, 15) is 8.42 Å². The van der Waals surface area contributed by atoms with Crippen LogP contribution >= 0.6 is 0 Å². The maximum atomic E-state index is 11.5. The van der Waals surface area contributed by atoms with Gasteiger partial charge >= 0.3 is 0 Å². The van der Waals surface area contributed by atoms with Crippen LogP contribution in [0, 0.1) is 6.92 Å². The minimum atomic E-state index is -3.01. The van der Waals surface area contributed by atoms with E-state index in [1.54, 1.807) is 0 Å². The van der Waals surface area contributed by atoms with Crippen LogP contribution in [0.2, 0.25) is 0 Å². The van der Waals surface area contributed by atoms with Gasteiger partial charge in [-0.15, -0.1) is 0 Å². The van der Waals surface area contributed by atoms with Crippen molar-refractivity contribution < 1.29 is 8.42 Å². The molecule has 1 aromatic carbocycles. The molecule has 0 aliphatic heterocycles. The first-order chi connectivity index (χ1) is 8.28. The summed E-state index contributed by atoms with van der Waals surface area (Å²) in [7, 11) is -3.01. The normalized spacial score (nSPS) is 12.5. The smallest absolute Gasteiger partial charge is 0.151 e. The number of sulfone groups is 1. The third-order valence-electron chi connectivity index (χ3n) is 3.05. The Morgan fingerprint density at radius 1 is 1.28 bits per heavy atom. The first-order valence-corrected chi connectivity index (χ1v) is 8.12. The fraction of sp³-hybridized carbons (Fsp3) is 0.429. The zero-order valence-electron chi connectivity index (χ0n) is 11.3. The molecule has 2 rings (SSSR count). The van der Waals surface area contributed by atoms with Gasteiger partial charge in [-0.1, -0.05) is 11.6 Å². The van der Waals surface area contributed by atoms with E-state index in [0.717, 1.165) is 22.0 Å². The van der Waals surface area contributed by atoms with Crippen LogP contribution < -0.4 is 0 Å². The minimum absolute atomic E-state index is 0.104. The Labute approximate surface area is 108 Å². The molecular weight excluding hydrogens is 246 g/mol. The quantitative estimate of drug-likeness (QED) is 0.855. The predicted octanol–water partition coefficient (Wildman–Crippen LogP) is 3.08. The summed E-state index contributed by atoms with van der Waals surface area (Å²) in [5, 5.41) is 1.05. The molecule has 0 saturated carbocycles. The Balaban J connectivity index is 2.69. The lowest BCUT2D eigenvalue weighted by Gasteiger charge is -2.08. The second-order valence-corrected chi connectivity index (χ2v) is 7.39. The van der Waals surface area contributed by atoms with Gasteiger partial charge < -0.3 is 4.57 Å². The van der Waals surface area contributed by atoms with E-state index >= 15 is 0 Å². The molecule has 0 radical (unpaired) electrons. The highest BCUT2D eigenvalue weighted by molar-refractivity contribution is 7.89. The minimum Gasteiger partial charge on any atom is -0.345 e. The second-order valence-electron chi connectivity index (χ2n) is 5.25. The molecule has 0 bridgehead atoms. The van der Waals surface area contributed by atoms with Gasteiger partial charge in [0, 0.05) is 29.4 Å². The molecule has 0 fully saturated rings. The fourth-order valence-electron chi connectivity index (χ4n) is 2.26. The summed E-state index contributed by atoms with van der Waals surface area (Å²) in [5.41, 5.74) is 3.15. The summed E-state index contributed by atoms with van der Waals surface area (Å²) < 4.78 is 25.1. The highest BCUT2D eigenvalue weighted by Gasteiger charge is 2.14. The molecule has 1 aromatic heterocycles. The molecule has 0 unspecified atom stereocenters. The summed E-state index contributed by atoms with van der Waals surface area (Å²) in [4.78, 5) is 0. The molecule has 0 amide bonds. The Morgan fingerprint density at radius 3 is 2.50 bits per heavy atom. The standard InChI is InChI=1S/C14H19NO2S/c1-10(2)15-8-12(9-18(4,16)17)13-7-11(3)5-6-14(13)15/h5-8,10H,9H2,1-4H3. The molecule has 98 valence electrons. The van der Waals surface area contributed by atoms with Crippen molar-refractivity contribution in [3.8, 4) is 0 Å². The lowest BCUT2D eigenvalue weighted by molar-refractivity contribution is 0.600. The van der Waals surface area contributed by atoms with Crippen molar-refractivity contribution in [1.29, 1.82) is 0 Å². The van der Waals surface area contributed by atoms with Crippen molar-refractivity contribution in [2.75, 3.05) is 6.26 Å². The highest BCUT2D eigenvalue weighted by Crippen LogP contribution is 2.27. The summed E-state index contributed by atoms with van der Waals surface area (Å²) in [6.07, 6.45) is 3.25. The molecular formula is C14H19NO2S. The SMILES string of the molecule is Cc1ccc2c(c1)c(CS(C)(=O)=O)cn2C(C)C. The van der Waals surface area contributed by atoms with Gasteiger partial charge in [0.2, 0.25) is 0 Å². The van der Waals surface area contributed by atoms with Crippen molar-refractivity contribution in [2.24, 2.45) is 0 Å². The van der Waals surface area contributed by atoms with E-state index in [-0.39, 0.29) is 5.75 Å². The number of aryl methyl sites for hydroxylation is 1. The predicted molar refractivity (Wildman–Crippen MR) is 75.6 cm³/mol. The lowest BCUT2D eigenvalue weighted by atomic mass is 10.1. The van der Waals surface area contributed by atoms with E-state index in [4.69, 9.17) is 0 Å². The van der Waals surface area contributed by atoms with Crippen molar-refractivity contribution in [3.63, 3.8) is 0 Å². The third-order valence-corrected chi connectivity index (χ3v) is 3.88. The average Bonchev–Trinajstić information content (AvgIpc) is 2.54. The fourth-order valence-corrected chi connectivity index (χ4v) is 3.06. The first-order valence-electron chi connectivity index (χ1n) is 6.06. The Kier molecular flexibility index (Phi) is 3.23. The van der Waals surface area contributed by atoms with E-state index in [0.29, 0.717) is 6.04 Å². The maximum Gasteiger partial charge on any atom is 0.151 e. The van der Waals surface area contributed by atoms with Gasteiger partial charge in [0.1, 0.15) is 0 Å². The van der Waals surface area contributed by atoms with Crippen LogP contribution in [0.4, 0.5) is 0 Å². The van der Waals surface area contributed by atoms with Gasteiger partial charge in [-0.3, -0.25) is 0 Å². The zero-order chi connectivity index (χ0) is 13.5.